The summed E-state index contributed by atoms with van der Waals surface area (Å²) in [4.78, 5) is 18.4. The van der Waals surface area contributed by atoms with Crippen molar-refractivity contribution in [2.45, 2.75) is 12.6 Å². The van der Waals surface area contributed by atoms with Crippen LogP contribution in [0.2, 0.25) is 0 Å². The van der Waals surface area contributed by atoms with E-state index in [9.17, 15) is 4.79 Å². The molecule has 32 heavy (non-hydrogen) atoms. The van der Waals surface area contributed by atoms with E-state index in [1.165, 1.54) is 0 Å². The number of likely N-dealkylation sites (tertiary alicyclic amines) is 1. The Labute approximate surface area is 185 Å². The molecule has 3 aromatic carbocycles. The van der Waals surface area contributed by atoms with E-state index in [2.05, 4.69) is 15.5 Å². The molecule has 7 heteroatoms. The molecule has 1 saturated heterocycles. The number of amides is 2. The predicted octanol–water partition coefficient (Wildman–Crippen LogP) is 4.38. The van der Waals surface area contributed by atoms with Crippen LogP contribution in [0.3, 0.4) is 0 Å². The normalized spacial score (nSPS) is 13.4. The average molecular weight is 426 g/mol. The van der Waals surface area contributed by atoms with Crippen molar-refractivity contribution >= 4 is 6.03 Å². The van der Waals surface area contributed by atoms with E-state index in [1.54, 1.807) is 4.90 Å². The van der Waals surface area contributed by atoms with Crippen LogP contribution in [0.1, 0.15) is 5.56 Å². The highest BCUT2D eigenvalue weighted by Gasteiger charge is 2.32. The fourth-order valence-corrected chi connectivity index (χ4v) is 3.48. The molecule has 7 nitrogen and oxygen atoms in total. The van der Waals surface area contributed by atoms with Gasteiger partial charge in [0.25, 0.3) is 5.89 Å². The molecule has 1 aromatic heterocycles. The second-order valence-corrected chi connectivity index (χ2v) is 7.60. The number of rotatable bonds is 6. The predicted molar refractivity (Wildman–Crippen MR) is 120 cm³/mol. The van der Waals surface area contributed by atoms with Gasteiger partial charge < -0.3 is 19.5 Å². The van der Waals surface area contributed by atoms with Gasteiger partial charge in [-0.25, -0.2) is 4.79 Å². The van der Waals surface area contributed by atoms with Crippen molar-refractivity contribution < 1.29 is 14.1 Å². The van der Waals surface area contributed by atoms with Crippen molar-refractivity contribution in [2.24, 2.45) is 0 Å². The van der Waals surface area contributed by atoms with Gasteiger partial charge in [0.15, 0.2) is 0 Å². The van der Waals surface area contributed by atoms with Gasteiger partial charge in [0.1, 0.15) is 11.9 Å². The molecule has 0 atom stereocenters. The largest absolute Gasteiger partial charge is 0.487 e. The van der Waals surface area contributed by atoms with Crippen molar-refractivity contribution in [3.8, 4) is 28.6 Å². The number of carbonyl (C=O) groups is 1. The summed E-state index contributed by atoms with van der Waals surface area (Å²) in [7, 11) is 0. The Morgan fingerprint density at radius 3 is 2.34 bits per heavy atom. The quantitative estimate of drug-likeness (QED) is 0.495. The van der Waals surface area contributed by atoms with Crippen LogP contribution in [0.15, 0.2) is 89.5 Å². The lowest BCUT2D eigenvalue weighted by molar-refractivity contribution is 0.0443. The molecule has 0 bridgehead atoms. The lowest BCUT2D eigenvalue weighted by Gasteiger charge is -2.38. The molecule has 2 heterocycles. The second kappa shape index (κ2) is 8.93. The van der Waals surface area contributed by atoms with Crippen molar-refractivity contribution in [1.29, 1.82) is 0 Å². The molecule has 0 spiro atoms. The van der Waals surface area contributed by atoms with Crippen LogP contribution in [0.5, 0.6) is 5.75 Å². The summed E-state index contributed by atoms with van der Waals surface area (Å²) >= 11 is 0. The van der Waals surface area contributed by atoms with Gasteiger partial charge in [-0.1, -0.05) is 53.7 Å². The lowest BCUT2D eigenvalue weighted by Crippen LogP contribution is -2.58. The highest BCUT2D eigenvalue weighted by molar-refractivity contribution is 5.75. The Balaban J connectivity index is 1.11. The summed E-state index contributed by atoms with van der Waals surface area (Å²) in [6.45, 7) is 1.65. The summed E-state index contributed by atoms with van der Waals surface area (Å²) < 4.78 is 11.3. The molecule has 5 rings (SSSR count). The monoisotopic (exact) mass is 426 g/mol. The standard InChI is InChI=1S/C25H22N4O3/c30-25(26-15-18-7-3-1-4-8-18)29-16-22(17-29)31-21-13-11-19(12-14-21)23-27-24(32-28-23)20-9-5-2-6-10-20/h1-14,22H,15-17H2,(H,26,30). The summed E-state index contributed by atoms with van der Waals surface area (Å²) in [5.74, 6) is 1.76. The molecule has 1 N–H and O–H groups in total. The first-order valence-corrected chi connectivity index (χ1v) is 10.5. The van der Waals surface area contributed by atoms with Gasteiger partial charge in [0.2, 0.25) is 5.82 Å². The van der Waals surface area contributed by atoms with Gasteiger partial charge in [-0.15, -0.1) is 0 Å². The first kappa shape index (κ1) is 19.8. The zero-order valence-corrected chi connectivity index (χ0v) is 17.3. The van der Waals surface area contributed by atoms with Crippen LogP contribution in [0.4, 0.5) is 4.79 Å². The van der Waals surface area contributed by atoms with E-state index in [0.29, 0.717) is 31.3 Å². The SMILES string of the molecule is O=C(NCc1ccccc1)N1CC(Oc2ccc(-c3noc(-c4ccccc4)n3)cc2)C1. The van der Waals surface area contributed by atoms with Crippen LogP contribution in [-0.4, -0.2) is 40.3 Å². The third-order valence-corrected chi connectivity index (χ3v) is 5.28. The Morgan fingerprint density at radius 2 is 1.62 bits per heavy atom. The number of carbonyl (C=O) groups excluding carboxylic acids is 1. The van der Waals surface area contributed by atoms with Crippen LogP contribution in [0, 0.1) is 0 Å². The lowest BCUT2D eigenvalue weighted by atomic mass is 10.1. The number of hydrogen-bond donors (Lipinski definition) is 1. The van der Waals surface area contributed by atoms with Crippen LogP contribution < -0.4 is 10.1 Å². The van der Waals surface area contributed by atoms with E-state index < -0.39 is 0 Å². The Kier molecular flexibility index (Phi) is 5.53. The minimum Gasteiger partial charge on any atom is -0.487 e. The highest BCUT2D eigenvalue weighted by atomic mass is 16.5. The molecule has 1 aliphatic heterocycles. The van der Waals surface area contributed by atoms with Crippen molar-refractivity contribution in [1.82, 2.24) is 20.4 Å². The fraction of sp³-hybridized carbons (Fsp3) is 0.160. The van der Waals surface area contributed by atoms with E-state index in [-0.39, 0.29) is 12.1 Å². The van der Waals surface area contributed by atoms with Crippen LogP contribution in [-0.2, 0) is 6.54 Å². The van der Waals surface area contributed by atoms with Gasteiger partial charge in [0.05, 0.1) is 13.1 Å². The van der Waals surface area contributed by atoms with E-state index in [0.717, 1.165) is 22.4 Å². The number of urea groups is 1. The number of hydrogen-bond acceptors (Lipinski definition) is 5. The first-order chi connectivity index (χ1) is 15.7. The van der Waals surface area contributed by atoms with Crippen LogP contribution in [0.25, 0.3) is 22.8 Å². The number of aromatic nitrogens is 2. The van der Waals surface area contributed by atoms with Gasteiger partial charge in [-0.2, -0.15) is 4.98 Å². The number of nitrogens with zero attached hydrogens (tertiary/aromatic N) is 3. The van der Waals surface area contributed by atoms with E-state index >= 15 is 0 Å². The number of nitrogens with one attached hydrogen (secondary N) is 1. The Bertz CT molecular complexity index is 1170. The smallest absolute Gasteiger partial charge is 0.317 e. The fourth-order valence-electron chi connectivity index (χ4n) is 3.48. The van der Waals surface area contributed by atoms with E-state index in [1.807, 2.05) is 84.9 Å². The van der Waals surface area contributed by atoms with E-state index in [4.69, 9.17) is 9.26 Å². The van der Waals surface area contributed by atoms with Crippen molar-refractivity contribution in [2.75, 3.05) is 13.1 Å². The van der Waals surface area contributed by atoms with Crippen LogP contribution >= 0.6 is 0 Å². The van der Waals surface area contributed by atoms with Crippen molar-refractivity contribution in [3.63, 3.8) is 0 Å². The third kappa shape index (κ3) is 4.46. The molecule has 4 aromatic rings. The molecule has 0 aliphatic carbocycles. The number of benzene rings is 3. The maximum absolute atomic E-state index is 12.2. The molecular formula is C25H22N4O3. The summed E-state index contributed by atoms with van der Waals surface area (Å²) in [6.07, 6.45) is -0.0156. The summed E-state index contributed by atoms with van der Waals surface area (Å²) in [5, 5.41) is 7.00. The molecule has 0 saturated carbocycles. The zero-order valence-electron chi connectivity index (χ0n) is 17.3. The maximum atomic E-state index is 12.2. The molecule has 0 radical (unpaired) electrons. The van der Waals surface area contributed by atoms with Gasteiger partial charge in [-0.05, 0) is 42.0 Å². The molecule has 0 unspecified atom stereocenters. The van der Waals surface area contributed by atoms with Crippen molar-refractivity contribution in [3.05, 3.63) is 90.5 Å². The van der Waals surface area contributed by atoms with Gasteiger partial charge in [-0.3, -0.25) is 0 Å². The minimum atomic E-state index is -0.0737. The topological polar surface area (TPSA) is 80.5 Å². The maximum Gasteiger partial charge on any atom is 0.317 e. The summed E-state index contributed by atoms with van der Waals surface area (Å²) in [5.41, 5.74) is 2.80. The summed E-state index contributed by atoms with van der Waals surface area (Å²) in [6, 6.07) is 27.0. The second-order valence-electron chi connectivity index (χ2n) is 7.60. The zero-order chi connectivity index (χ0) is 21.8. The molecular weight excluding hydrogens is 404 g/mol. The first-order valence-electron chi connectivity index (χ1n) is 10.5. The average Bonchev–Trinajstić information content (AvgIpc) is 3.32. The molecule has 160 valence electrons. The third-order valence-electron chi connectivity index (χ3n) is 5.28. The van der Waals surface area contributed by atoms with Gasteiger partial charge in [0, 0.05) is 17.7 Å². The highest BCUT2D eigenvalue weighted by Crippen LogP contribution is 2.25. The van der Waals surface area contributed by atoms with Gasteiger partial charge >= 0.3 is 6.03 Å². The Morgan fingerprint density at radius 1 is 0.938 bits per heavy atom. The molecule has 1 fully saturated rings. The molecule has 1 aliphatic rings. The minimum absolute atomic E-state index is 0.0156. The Hall–Kier alpha value is -4.13. The molecule has 2 amide bonds. The number of ether oxygens (including phenoxy) is 1.